The molecule has 1 amide bonds. The highest BCUT2D eigenvalue weighted by atomic mass is 79.9. The number of anilines is 1. The fourth-order valence-electron chi connectivity index (χ4n) is 3.99. The Bertz CT molecular complexity index is 1430. The molecule has 1 aliphatic rings. The van der Waals surface area contributed by atoms with E-state index in [0.717, 1.165) is 9.17 Å². The van der Waals surface area contributed by atoms with E-state index in [1.54, 1.807) is 24.3 Å². The van der Waals surface area contributed by atoms with E-state index in [-0.39, 0.29) is 11.3 Å². The van der Waals surface area contributed by atoms with Gasteiger partial charge in [0.1, 0.15) is 11.5 Å². The quantitative estimate of drug-likeness (QED) is 0.190. The zero-order valence-electron chi connectivity index (χ0n) is 18.1. The first kappa shape index (κ1) is 22.3. The molecule has 1 aliphatic heterocycles. The second-order valence-corrected chi connectivity index (χ2v) is 9.57. The Morgan fingerprint density at radius 3 is 2.53 bits per heavy atom. The molecule has 0 spiro atoms. The number of halogens is 1. The van der Waals surface area contributed by atoms with Crippen LogP contribution in [0.2, 0.25) is 0 Å². The lowest BCUT2D eigenvalue weighted by atomic mass is 9.95. The van der Waals surface area contributed by atoms with E-state index in [1.165, 1.54) is 16.2 Å². The number of aliphatic hydroxyl groups is 1. The predicted octanol–water partition coefficient (Wildman–Crippen LogP) is 6.08. The molecule has 1 N–H and O–H groups in total. The van der Waals surface area contributed by atoms with Gasteiger partial charge in [0, 0.05) is 10.0 Å². The van der Waals surface area contributed by atoms with Crippen molar-refractivity contribution in [2.45, 2.75) is 13.0 Å². The Balaban J connectivity index is 1.69. The Hall–Kier alpha value is -3.49. The molecule has 8 heteroatoms. The van der Waals surface area contributed by atoms with Gasteiger partial charge in [0.25, 0.3) is 5.78 Å². The normalized spacial score (nSPS) is 17.5. The summed E-state index contributed by atoms with van der Waals surface area (Å²) in [6.45, 7) is 2.45. The molecular formula is C26H19BrN2O4S. The van der Waals surface area contributed by atoms with Gasteiger partial charge in [-0.3, -0.25) is 14.5 Å². The van der Waals surface area contributed by atoms with Crippen LogP contribution in [0.15, 0.2) is 82.8 Å². The molecule has 1 fully saturated rings. The van der Waals surface area contributed by atoms with Crippen molar-refractivity contribution in [3.05, 3.63) is 94.0 Å². The van der Waals surface area contributed by atoms with E-state index in [4.69, 9.17) is 4.74 Å². The first-order chi connectivity index (χ1) is 16.5. The summed E-state index contributed by atoms with van der Waals surface area (Å²) in [6, 6.07) is 20.8. The van der Waals surface area contributed by atoms with Gasteiger partial charge in [-0.1, -0.05) is 69.7 Å². The number of benzene rings is 3. The molecule has 0 unspecified atom stereocenters. The molecule has 34 heavy (non-hydrogen) atoms. The van der Waals surface area contributed by atoms with Crippen LogP contribution >= 0.6 is 27.3 Å². The topological polar surface area (TPSA) is 79.7 Å². The van der Waals surface area contributed by atoms with Crippen LogP contribution in [0.3, 0.4) is 0 Å². The lowest BCUT2D eigenvalue weighted by molar-refractivity contribution is -0.132. The van der Waals surface area contributed by atoms with E-state index >= 15 is 0 Å². The number of amides is 1. The lowest BCUT2D eigenvalue weighted by Crippen LogP contribution is -2.29. The number of ketones is 1. The van der Waals surface area contributed by atoms with E-state index in [2.05, 4.69) is 20.9 Å². The van der Waals surface area contributed by atoms with Crippen LogP contribution in [0.1, 0.15) is 24.1 Å². The number of nitrogens with zero attached hydrogens (tertiary/aromatic N) is 2. The first-order valence-corrected chi connectivity index (χ1v) is 12.2. The number of carbonyl (C=O) groups excluding carboxylic acids is 2. The van der Waals surface area contributed by atoms with E-state index in [1.807, 2.05) is 55.5 Å². The number of hydrogen-bond donors (Lipinski definition) is 1. The van der Waals surface area contributed by atoms with Gasteiger partial charge in [0.2, 0.25) is 0 Å². The van der Waals surface area contributed by atoms with E-state index in [0.29, 0.717) is 34.1 Å². The first-order valence-electron chi connectivity index (χ1n) is 10.6. The van der Waals surface area contributed by atoms with Crippen LogP contribution in [-0.4, -0.2) is 28.4 Å². The third-order valence-corrected chi connectivity index (χ3v) is 7.09. The smallest absolute Gasteiger partial charge is 0.301 e. The molecule has 2 heterocycles. The maximum Gasteiger partial charge on any atom is 0.301 e. The Morgan fingerprint density at radius 1 is 1.09 bits per heavy atom. The zero-order chi connectivity index (χ0) is 23.8. The van der Waals surface area contributed by atoms with Crippen molar-refractivity contribution in [1.82, 2.24) is 4.98 Å². The molecule has 3 aromatic carbocycles. The third kappa shape index (κ3) is 3.89. The van der Waals surface area contributed by atoms with Crippen molar-refractivity contribution in [3.8, 4) is 5.75 Å². The molecule has 1 atom stereocenters. The molecule has 0 saturated carbocycles. The summed E-state index contributed by atoms with van der Waals surface area (Å²) in [7, 11) is 0. The highest BCUT2D eigenvalue weighted by molar-refractivity contribution is 9.10. The predicted molar refractivity (Wildman–Crippen MR) is 136 cm³/mol. The lowest BCUT2D eigenvalue weighted by Gasteiger charge is -2.23. The third-order valence-electron chi connectivity index (χ3n) is 5.54. The van der Waals surface area contributed by atoms with Crippen LogP contribution in [-0.2, 0) is 9.59 Å². The van der Waals surface area contributed by atoms with Crippen LogP contribution in [0.4, 0.5) is 5.13 Å². The van der Waals surface area contributed by atoms with Gasteiger partial charge in [-0.15, -0.1) is 0 Å². The molecular weight excluding hydrogens is 516 g/mol. The zero-order valence-corrected chi connectivity index (χ0v) is 20.5. The maximum atomic E-state index is 13.3. The monoisotopic (exact) mass is 534 g/mol. The number of rotatable bonds is 5. The minimum atomic E-state index is -0.819. The number of aliphatic hydroxyl groups excluding tert-OH is 1. The highest BCUT2D eigenvalue weighted by Crippen LogP contribution is 2.44. The summed E-state index contributed by atoms with van der Waals surface area (Å²) in [6.07, 6.45) is 0. The van der Waals surface area contributed by atoms with Crippen LogP contribution < -0.4 is 9.64 Å². The number of aromatic nitrogens is 1. The second-order valence-electron chi connectivity index (χ2n) is 7.65. The fourth-order valence-corrected chi connectivity index (χ4v) is 5.28. The molecule has 170 valence electrons. The van der Waals surface area contributed by atoms with Gasteiger partial charge in [0.05, 0.1) is 28.4 Å². The van der Waals surface area contributed by atoms with Gasteiger partial charge in [0.15, 0.2) is 5.13 Å². The van der Waals surface area contributed by atoms with Crippen molar-refractivity contribution in [1.29, 1.82) is 0 Å². The minimum absolute atomic E-state index is 0.0350. The van der Waals surface area contributed by atoms with Crippen LogP contribution in [0.5, 0.6) is 5.75 Å². The van der Waals surface area contributed by atoms with Crippen molar-refractivity contribution < 1.29 is 19.4 Å². The SMILES string of the molecule is CCOc1ccc2nc(N3C(=O)C(=O)/C(=C(/O)c4ccccc4)[C@H]3c3ccc(Br)cc3)sc2c1. The summed E-state index contributed by atoms with van der Waals surface area (Å²) in [5, 5.41) is 11.5. The molecule has 4 aromatic rings. The minimum Gasteiger partial charge on any atom is -0.507 e. The number of Topliss-reactive ketones (excluding diaryl/α,β-unsaturated/α-hetero) is 1. The van der Waals surface area contributed by atoms with Gasteiger partial charge in [-0.2, -0.15) is 0 Å². The molecule has 0 bridgehead atoms. The number of ether oxygens (including phenoxy) is 1. The average molecular weight is 535 g/mol. The summed E-state index contributed by atoms with van der Waals surface area (Å²) < 4.78 is 7.28. The Kier molecular flexibility index (Phi) is 5.93. The van der Waals surface area contributed by atoms with Crippen molar-refractivity contribution in [2.75, 3.05) is 11.5 Å². The number of carbonyl (C=O) groups is 2. The maximum absolute atomic E-state index is 13.3. The summed E-state index contributed by atoms with van der Waals surface area (Å²) in [5.74, 6) is -0.979. The summed E-state index contributed by atoms with van der Waals surface area (Å²) in [4.78, 5) is 32.6. The number of thiazole rings is 1. The average Bonchev–Trinajstić information content (AvgIpc) is 3.38. The summed E-state index contributed by atoms with van der Waals surface area (Å²) in [5.41, 5.74) is 1.89. The molecule has 6 nitrogen and oxygen atoms in total. The van der Waals surface area contributed by atoms with Crippen LogP contribution in [0, 0.1) is 0 Å². The van der Waals surface area contributed by atoms with E-state index < -0.39 is 17.7 Å². The number of hydrogen-bond acceptors (Lipinski definition) is 6. The Morgan fingerprint density at radius 2 is 1.82 bits per heavy atom. The van der Waals surface area contributed by atoms with Gasteiger partial charge >= 0.3 is 5.91 Å². The Labute approximate surface area is 208 Å². The molecule has 0 radical (unpaired) electrons. The van der Waals surface area contributed by atoms with Crippen molar-refractivity contribution in [2.24, 2.45) is 0 Å². The molecule has 1 aromatic heterocycles. The summed E-state index contributed by atoms with van der Waals surface area (Å²) >= 11 is 4.73. The highest BCUT2D eigenvalue weighted by Gasteiger charge is 2.48. The van der Waals surface area contributed by atoms with Crippen molar-refractivity contribution >= 4 is 60.1 Å². The van der Waals surface area contributed by atoms with Gasteiger partial charge in [-0.05, 0) is 42.8 Å². The van der Waals surface area contributed by atoms with Crippen LogP contribution in [0.25, 0.3) is 16.0 Å². The molecule has 5 rings (SSSR count). The molecule has 0 aliphatic carbocycles. The fraction of sp³-hybridized carbons (Fsp3) is 0.115. The van der Waals surface area contributed by atoms with Crippen molar-refractivity contribution in [3.63, 3.8) is 0 Å². The van der Waals surface area contributed by atoms with Gasteiger partial charge < -0.3 is 9.84 Å². The largest absolute Gasteiger partial charge is 0.507 e. The number of fused-ring (bicyclic) bond motifs is 1. The van der Waals surface area contributed by atoms with Gasteiger partial charge in [-0.25, -0.2) is 4.98 Å². The van der Waals surface area contributed by atoms with E-state index in [9.17, 15) is 14.7 Å². The second kappa shape index (κ2) is 9.04. The standard InChI is InChI=1S/C26H19BrN2O4S/c1-2-33-18-12-13-19-20(14-18)34-26(28-19)29-22(15-8-10-17(27)11-9-15)21(24(31)25(29)32)23(30)16-6-4-3-5-7-16/h3-14,22,30H,2H2,1H3/b23-21+/t22-/m1/s1. The molecule has 1 saturated heterocycles.